The third-order valence-electron chi connectivity index (χ3n) is 3.62. The van der Waals surface area contributed by atoms with Crippen LogP contribution in [0.4, 0.5) is 18.9 Å². The van der Waals surface area contributed by atoms with Crippen LogP contribution in [0.5, 0.6) is 5.75 Å². The summed E-state index contributed by atoms with van der Waals surface area (Å²) in [5.41, 5.74) is -0.367. The Bertz CT molecular complexity index is 853. The number of hydrogen-bond donors (Lipinski definition) is 1. The van der Waals surface area contributed by atoms with Crippen LogP contribution in [0.1, 0.15) is 31.1 Å². The number of esters is 1. The minimum Gasteiger partial charge on any atom is -0.493 e. The first kappa shape index (κ1) is 21.3. The van der Waals surface area contributed by atoms with E-state index in [9.17, 15) is 22.8 Å². The summed E-state index contributed by atoms with van der Waals surface area (Å²) in [6.45, 7) is 5.81. The molecule has 0 heterocycles. The van der Waals surface area contributed by atoms with Crippen molar-refractivity contribution >= 4 is 17.6 Å². The molecular formula is C20H20F3NO4. The predicted molar refractivity (Wildman–Crippen MR) is 96.6 cm³/mol. The van der Waals surface area contributed by atoms with Gasteiger partial charge in [0.2, 0.25) is 0 Å². The van der Waals surface area contributed by atoms with Crippen LogP contribution in [0.2, 0.25) is 0 Å². The van der Waals surface area contributed by atoms with Gasteiger partial charge in [0, 0.05) is 0 Å². The van der Waals surface area contributed by atoms with E-state index in [-0.39, 0.29) is 5.56 Å². The summed E-state index contributed by atoms with van der Waals surface area (Å²) >= 11 is 0. The number of amides is 1. The van der Waals surface area contributed by atoms with Crippen molar-refractivity contribution in [1.82, 2.24) is 0 Å². The Hall–Kier alpha value is -3.03. The summed E-state index contributed by atoms with van der Waals surface area (Å²) in [5, 5.41) is 2.05. The number of anilines is 1. The quantitative estimate of drug-likeness (QED) is 0.560. The Labute approximate surface area is 160 Å². The number of carbonyl (C=O) groups excluding carboxylic acids is 2. The van der Waals surface area contributed by atoms with E-state index in [1.165, 1.54) is 19.1 Å². The van der Waals surface area contributed by atoms with E-state index in [2.05, 4.69) is 5.32 Å². The fourth-order valence-corrected chi connectivity index (χ4v) is 2.09. The molecule has 0 unspecified atom stereocenters. The third-order valence-corrected chi connectivity index (χ3v) is 3.62. The van der Waals surface area contributed by atoms with Gasteiger partial charge in [-0.1, -0.05) is 13.8 Å². The molecule has 0 aliphatic heterocycles. The third kappa shape index (κ3) is 5.48. The summed E-state index contributed by atoms with van der Waals surface area (Å²) in [4.78, 5) is 24.2. The van der Waals surface area contributed by atoms with Gasteiger partial charge in [-0.25, -0.2) is 18.0 Å². The molecule has 0 bridgehead atoms. The van der Waals surface area contributed by atoms with Gasteiger partial charge in [0.05, 0.1) is 17.9 Å². The molecule has 0 radical (unpaired) electrons. The summed E-state index contributed by atoms with van der Waals surface area (Å²) in [6, 6.07) is 7.71. The molecule has 1 N–H and O–H groups in total. The molecule has 1 amide bonds. The molecule has 0 aromatic heterocycles. The second kappa shape index (κ2) is 9.25. The van der Waals surface area contributed by atoms with Gasteiger partial charge in [-0.05, 0) is 49.2 Å². The second-order valence-corrected chi connectivity index (χ2v) is 6.49. The summed E-state index contributed by atoms with van der Waals surface area (Å²) in [7, 11) is 0. The van der Waals surface area contributed by atoms with Crippen LogP contribution in [0.25, 0.3) is 0 Å². The summed E-state index contributed by atoms with van der Waals surface area (Å²) in [5.74, 6) is -5.35. The average Bonchev–Trinajstić information content (AvgIpc) is 2.67. The zero-order chi connectivity index (χ0) is 20.8. The lowest BCUT2D eigenvalue weighted by atomic mass is 10.2. The molecule has 0 saturated heterocycles. The lowest BCUT2D eigenvalue weighted by Gasteiger charge is -2.14. The largest absolute Gasteiger partial charge is 0.493 e. The van der Waals surface area contributed by atoms with Crippen molar-refractivity contribution < 1.29 is 32.2 Å². The van der Waals surface area contributed by atoms with Gasteiger partial charge in [-0.2, -0.15) is 0 Å². The molecule has 1 atom stereocenters. The highest BCUT2D eigenvalue weighted by Crippen LogP contribution is 2.20. The van der Waals surface area contributed by atoms with Gasteiger partial charge in [0.25, 0.3) is 5.91 Å². The molecule has 0 aliphatic rings. The van der Waals surface area contributed by atoms with E-state index in [0.29, 0.717) is 24.3 Å². The van der Waals surface area contributed by atoms with Gasteiger partial charge in [0.1, 0.15) is 5.75 Å². The molecule has 0 fully saturated rings. The number of ether oxygens (including phenoxy) is 2. The zero-order valence-corrected chi connectivity index (χ0v) is 15.6. The van der Waals surface area contributed by atoms with Crippen molar-refractivity contribution in [2.45, 2.75) is 26.9 Å². The van der Waals surface area contributed by atoms with E-state index < -0.39 is 41.1 Å². The maximum atomic E-state index is 13.6. The lowest BCUT2D eigenvalue weighted by molar-refractivity contribution is -0.123. The number of benzene rings is 2. The number of halogens is 3. The molecule has 5 nitrogen and oxygen atoms in total. The van der Waals surface area contributed by atoms with Crippen molar-refractivity contribution in [3.8, 4) is 5.75 Å². The lowest BCUT2D eigenvalue weighted by Crippen LogP contribution is -2.30. The van der Waals surface area contributed by atoms with Gasteiger partial charge in [-0.15, -0.1) is 0 Å². The van der Waals surface area contributed by atoms with Crippen LogP contribution >= 0.6 is 0 Å². The van der Waals surface area contributed by atoms with Crippen molar-refractivity contribution in [2.75, 3.05) is 11.9 Å². The van der Waals surface area contributed by atoms with Crippen molar-refractivity contribution in [3.05, 3.63) is 59.4 Å². The standard InChI is InChI=1S/C20H20F3NO4/c1-11(2)10-27-14-6-4-13(5-7-14)20(26)28-12(3)19(25)24-16-9-8-15(21)17(22)18(16)23/h4-9,11-12H,10H2,1-3H3,(H,24,25)/t12-/m0/s1. The highest BCUT2D eigenvalue weighted by atomic mass is 19.2. The van der Waals surface area contributed by atoms with Crippen molar-refractivity contribution in [2.24, 2.45) is 5.92 Å². The zero-order valence-electron chi connectivity index (χ0n) is 15.6. The van der Waals surface area contributed by atoms with Crippen LogP contribution in [-0.4, -0.2) is 24.6 Å². The van der Waals surface area contributed by atoms with Crippen LogP contribution in [0.15, 0.2) is 36.4 Å². The van der Waals surface area contributed by atoms with E-state index in [4.69, 9.17) is 9.47 Å². The van der Waals surface area contributed by atoms with Gasteiger partial charge in [0.15, 0.2) is 23.6 Å². The topological polar surface area (TPSA) is 64.6 Å². The second-order valence-electron chi connectivity index (χ2n) is 6.49. The van der Waals surface area contributed by atoms with Crippen LogP contribution in [-0.2, 0) is 9.53 Å². The molecule has 0 aliphatic carbocycles. The SMILES string of the molecule is CC(C)COc1ccc(C(=O)O[C@@H](C)C(=O)Nc2ccc(F)c(F)c2F)cc1. The van der Waals surface area contributed by atoms with Gasteiger partial charge < -0.3 is 14.8 Å². The van der Waals surface area contributed by atoms with E-state index in [1.54, 1.807) is 12.1 Å². The minimum atomic E-state index is -1.71. The van der Waals surface area contributed by atoms with Crippen molar-refractivity contribution in [3.63, 3.8) is 0 Å². The molecule has 2 rings (SSSR count). The molecule has 28 heavy (non-hydrogen) atoms. The predicted octanol–water partition coefficient (Wildman–Crippen LogP) is 4.32. The fourth-order valence-electron chi connectivity index (χ4n) is 2.09. The van der Waals surface area contributed by atoms with Crippen molar-refractivity contribution in [1.29, 1.82) is 0 Å². The van der Waals surface area contributed by atoms with Gasteiger partial charge >= 0.3 is 5.97 Å². The Kier molecular flexibility index (Phi) is 7.03. The van der Waals surface area contributed by atoms with E-state index >= 15 is 0 Å². The van der Waals surface area contributed by atoms with Crippen LogP contribution in [0, 0.1) is 23.4 Å². The molecule has 0 saturated carbocycles. The molecular weight excluding hydrogens is 375 g/mol. The van der Waals surface area contributed by atoms with Crippen LogP contribution in [0.3, 0.4) is 0 Å². The Morgan fingerprint density at radius 3 is 2.21 bits per heavy atom. The minimum absolute atomic E-state index is 0.190. The number of carbonyl (C=O) groups is 2. The normalized spacial score (nSPS) is 11.8. The number of nitrogens with one attached hydrogen (secondary N) is 1. The molecule has 8 heteroatoms. The fraction of sp³-hybridized carbons (Fsp3) is 0.300. The van der Waals surface area contributed by atoms with Crippen LogP contribution < -0.4 is 10.1 Å². The first-order chi connectivity index (χ1) is 13.2. The Balaban J connectivity index is 1.96. The summed E-state index contributed by atoms with van der Waals surface area (Å²) < 4.78 is 50.3. The highest BCUT2D eigenvalue weighted by molar-refractivity contribution is 5.97. The maximum absolute atomic E-state index is 13.6. The molecule has 2 aromatic carbocycles. The van der Waals surface area contributed by atoms with E-state index in [0.717, 1.165) is 6.07 Å². The first-order valence-corrected chi connectivity index (χ1v) is 8.57. The van der Waals surface area contributed by atoms with E-state index in [1.807, 2.05) is 13.8 Å². The monoisotopic (exact) mass is 395 g/mol. The number of hydrogen-bond acceptors (Lipinski definition) is 4. The maximum Gasteiger partial charge on any atom is 0.338 e. The number of rotatable bonds is 7. The summed E-state index contributed by atoms with van der Waals surface area (Å²) in [6.07, 6.45) is -1.29. The first-order valence-electron chi connectivity index (χ1n) is 8.57. The Morgan fingerprint density at radius 2 is 1.61 bits per heavy atom. The smallest absolute Gasteiger partial charge is 0.338 e. The molecule has 150 valence electrons. The van der Waals surface area contributed by atoms with Gasteiger partial charge in [-0.3, -0.25) is 4.79 Å². The average molecular weight is 395 g/mol. The Morgan fingerprint density at radius 1 is 0.964 bits per heavy atom. The molecule has 2 aromatic rings. The molecule has 0 spiro atoms. The highest BCUT2D eigenvalue weighted by Gasteiger charge is 2.22.